The number of hydrogen-bond acceptors (Lipinski definition) is 2. The number of nitrogens with one attached hydrogen (secondary N) is 1. The van der Waals surface area contributed by atoms with Crippen molar-refractivity contribution in [1.82, 2.24) is 5.32 Å². The standard InChI is InChI=1S/C14H16ClNO2/c15-11-5-3-6-12(11)16-14(17)10-8-18-13-7-2-1-4-9(10)13/h1-2,4,7,10-12H,3,5-6,8H2,(H,16,17). The van der Waals surface area contributed by atoms with E-state index >= 15 is 0 Å². The molecule has 2 aliphatic rings. The number of fused-ring (bicyclic) bond motifs is 1. The highest BCUT2D eigenvalue weighted by Gasteiger charge is 2.33. The number of rotatable bonds is 2. The van der Waals surface area contributed by atoms with E-state index in [-0.39, 0.29) is 23.2 Å². The lowest BCUT2D eigenvalue weighted by Crippen LogP contribution is -2.41. The van der Waals surface area contributed by atoms with E-state index in [1.165, 1.54) is 0 Å². The maximum absolute atomic E-state index is 12.3. The molecule has 0 radical (unpaired) electrons. The van der Waals surface area contributed by atoms with Gasteiger partial charge in [0.05, 0.1) is 5.38 Å². The van der Waals surface area contributed by atoms with Crippen LogP contribution in [0.4, 0.5) is 0 Å². The third-order valence-corrected chi connectivity index (χ3v) is 4.30. The summed E-state index contributed by atoms with van der Waals surface area (Å²) in [6.07, 6.45) is 3.07. The minimum absolute atomic E-state index is 0.0394. The fourth-order valence-corrected chi connectivity index (χ4v) is 3.08. The van der Waals surface area contributed by atoms with Crippen molar-refractivity contribution in [1.29, 1.82) is 0 Å². The summed E-state index contributed by atoms with van der Waals surface area (Å²) in [5.41, 5.74) is 0.985. The van der Waals surface area contributed by atoms with Gasteiger partial charge in [0.15, 0.2) is 0 Å². The van der Waals surface area contributed by atoms with Crippen LogP contribution in [0.1, 0.15) is 30.7 Å². The van der Waals surface area contributed by atoms with Crippen LogP contribution in [0.5, 0.6) is 5.75 Å². The number of amides is 1. The molecule has 0 saturated heterocycles. The van der Waals surface area contributed by atoms with Gasteiger partial charge in [-0.15, -0.1) is 11.6 Å². The highest BCUT2D eigenvalue weighted by molar-refractivity contribution is 6.21. The van der Waals surface area contributed by atoms with Gasteiger partial charge >= 0.3 is 0 Å². The molecule has 3 rings (SSSR count). The lowest BCUT2D eigenvalue weighted by atomic mass is 10.00. The number of para-hydroxylation sites is 1. The summed E-state index contributed by atoms with van der Waals surface area (Å²) in [5, 5.41) is 3.14. The first-order valence-electron chi connectivity index (χ1n) is 6.42. The fourth-order valence-electron chi connectivity index (χ4n) is 2.74. The molecule has 1 aromatic rings. The average molecular weight is 266 g/mol. The molecule has 1 fully saturated rings. The Kier molecular flexibility index (Phi) is 3.16. The van der Waals surface area contributed by atoms with Crippen LogP contribution in [0, 0.1) is 0 Å². The van der Waals surface area contributed by atoms with Gasteiger partial charge in [-0.1, -0.05) is 18.2 Å². The van der Waals surface area contributed by atoms with E-state index in [2.05, 4.69) is 5.32 Å². The summed E-state index contributed by atoms with van der Waals surface area (Å²) in [5.74, 6) is 0.676. The molecule has 0 bridgehead atoms. The van der Waals surface area contributed by atoms with E-state index in [1.54, 1.807) is 0 Å². The van der Waals surface area contributed by atoms with Gasteiger partial charge in [0.1, 0.15) is 18.3 Å². The van der Waals surface area contributed by atoms with Gasteiger partial charge in [0.25, 0.3) is 0 Å². The van der Waals surface area contributed by atoms with Crippen LogP contribution < -0.4 is 10.1 Å². The van der Waals surface area contributed by atoms with Gasteiger partial charge in [-0.05, 0) is 25.3 Å². The third-order valence-electron chi connectivity index (χ3n) is 3.78. The molecule has 0 aromatic heterocycles. The summed E-state index contributed by atoms with van der Waals surface area (Å²) in [4.78, 5) is 12.3. The molecular formula is C14H16ClNO2. The molecule has 1 heterocycles. The molecule has 4 heteroatoms. The molecular weight excluding hydrogens is 250 g/mol. The monoisotopic (exact) mass is 265 g/mol. The Hall–Kier alpha value is -1.22. The van der Waals surface area contributed by atoms with Crippen molar-refractivity contribution in [2.24, 2.45) is 0 Å². The van der Waals surface area contributed by atoms with Crippen LogP contribution >= 0.6 is 11.6 Å². The molecule has 1 N–H and O–H groups in total. The summed E-state index contributed by atoms with van der Waals surface area (Å²) >= 11 is 6.18. The predicted octanol–water partition coefficient (Wildman–Crippen LogP) is 2.44. The molecule has 3 atom stereocenters. The summed E-state index contributed by atoms with van der Waals surface area (Å²) < 4.78 is 5.53. The molecule has 3 nitrogen and oxygen atoms in total. The summed E-state index contributed by atoms with van der Waals surface area (Å²) in [6, 6.07) is 7.84. The number of carbonyl (C=O) groups excluding carboxylic acids is 1. The van der Waals surface area contributed by atoms with E-state index in [1.807, 2.05) is 24.3 Å². The molecule has 1 aliphatic carbocycles. The zero-order chi connectivity index (χ0) is 12.5. The van der Waals surface area contributed by atoms with E-state index < -0.39 is 0 Å². The minimum atomic E-state index is -0.189. The number of benzene rings is 1. The van der Waals surface area contributed by atoms with Crippen molar-refractivity contribution >= 4 is 17.5 Å². The van der Waals surface area contributed by atoms with Crippen LogP contribution in [0.3, 0.4) is 0 Å². The summed E-state index contributed by atoms with van der Waals surface area (Å²) in [6.45, 7) is 0.435. The van der Waals surface area contributed by atoms with E-state index in [4.69, 9.17) is 16.3 Å². The molecule has 1 aromatic carbocycles. The normalized spacial score (nSPS) is 29.7. The highest BCUT2D eigenvalue weighted by Crippen LogP contribution is 2.34. The van der Waals surface area contributed by atoms with Gasteiger partial charge < -0.3 is 10.1 Å². The minimum Gasteiger partial charge on any atom is -0.492 e. The first-order chi connectivity index (χ1) is 8.75. The first kappa shape index (κ1) is 11.8. The smallest absolute Gasteiger partial charge is 0.231 e. The van der Waals surface area contributed by atoms with Gasteiger partial charge in [-0.2, -0.15) is 0 Å². The Morgan fingerprint density at radius 3 is 2.94 bits per heavy atom. The molecule has 0 spiro atoms. The first-order valence-corrected chi connectivity index (χ1v) is 6.85. The molecule has 3 unspecified atom stereocenters. The maximum Gasteiger partial charge on any atom is 0.231 e. The SMILES string of the molecule is O=C(NC1CCCC1Cl)C1COc2ccccc21. The second-order valence-corrected chi connectivity index (χ2v) is 5.52. The molecule has 18 heavy (non-hydrogen) atoms. The van der Waals surface area contributed by atoms with Crippen molar-refractivity contribution in [3.63, 3.8) is 0 Å². The fraction of sp³-hybridized carbons (Fsp3) is 0.500. The quantitative estimate of drug-likeness (QED) is 0.834. The lowest BCUT2D eigenvalue weighted by Gasteiger charge is -2.18. The number of halogens is 1. The average Bonchev–Trinajstić information content (AvgIpc) is 2.96. The molecule has 1 aliphatic heterocycles. The summed E-state index contributed by atoms with van der Waals surface area (Å²) in [7, 11) is 0. The number of hydrogen-bond donors (Lipinski definition) is 1. The highest BCUT2D eigenvalue weighted by atomic mass is 35.5. The Morgan fingerprint density at radius 2 is 2.17 bits per heavy atom. The van der Waals surface area contributed by atoms with Gasteiger partial charge in [-0.25, -0.2) is 0 Å². The van der Waals surface area contributed by atoms with E-state index in [0.717, 1.165) is 30.6 Å². The van der Waals surface area contributed by atoms with Crippen LogP contribution in [0.15, 0.2) is 24.3 Å². The van der Waals surface area contributed by atoms with Gasteiger partial charge in [-0.3, -0.25) is 4.79 Å². The van der Waals surface area contributed by atoms with Crippen molar-refractivity contribution < 1.29 is 9.53 Å². The van der Waals surface area contributed by atoms with Crippen LogP contribution in [-0.2, 0) is 4.79 Å². The van der Waals surface area contributed by atoms with Crippen LogP contribution in [0.2, 0.25) is 0 Å². The van der Waals surface area contributed by atoms with Crippen molar-refractivity contribution in [2.45, 2.75) is 36.6 Å². The predicted molar refractivity (Wildman–Crippen MR) is 70.1 cm³/mol. The van der Waals surface area contributed by atoms with E-state index in [0.29, 0.717) is 6.61 Å². The lowest BCUT2D eigenvalue weighted by molar-refractivity contribution is -0.123. The number of ether oxygens (including phenoxy) is 1. The molecule has 1 saturated carbocycles. The van der Waals surface area contributed by atoms with Crippen molar-refractivity contribution in [3.8, 4) is 5.75 Å². The Labute approximate surface area is 111 Å². The zero-order valence-electron chi connectivity index (χ0n) is 10.1. The van der Waals surface area contributed by atoms with Crippen LogP contribution in [0.25, 0.3) is 0 Å². The Bertz CT molecular complexity index is 463. The van der Waals surface area contributed by atoms with Crippen molar-refractivity contribution in [2.75, 3.05) is 6.61 Å². The second kappa shape index (κ2) is 4.81. The molecule has 96 valence electrons. The number of carbonyl (C=O) groups is 1. The molecule has 1 amide bonds. The Balaban J connectivity index is 1.71. The second-order valence-electron chi connectivity index (χ2n) is 4.96. The maximum atomic E-state index is 12.3. The van der Waals surface area contributed by atoms with Gasteiger partial charge in [0, 0.05) is 11.6 Å². The topological polar surface area (TPSA) is 38.3 Å². The zero-order valence-corrected chi connectivity index (χ0v) is 10.8. The Morgan fingerprint density at radius 1 is 1.33 bits per heavy atom. The van der Waals surface area contributed by atoms with Crippen LogP contribution in [-0.4, -0.2) is 23.9 Å². The van der Waals surface area contributed by atoms with E-state index in [9.17, 15) is 4.79 Å². The van der Waals surface area contributed by atoms with Gasteiger partial charge in [0.2, 0.25) is 5.91 Å². The largest absolute Gasteiger partial charge is 0.492 e. The third kappa shape index (κ3) is 2.07. The number of alkyl halides is 1. The van der Waals surface area contributed by atoms with Crippen molar-refractivity contribution in [3.05, 3.63) is 29.8 Å².